The van der Waals surface area contributed by atoms with Gasteiger partial charge in [-0.1, -0.05) is 6.07 Å². The van der Waals surface area contributed by atoms with E-state index in [0.29, 0.717) is 17.8 Å². The zero-order valence-corrected chi connectivity index (χ0v) is 18.2. The molecule has 33 heavy (non-hydrogen) atoms. The maximum atomic E-state index is 13.7. The fraction of sp³-hybridized carbons (Fsp3) is 0.364. The summed E-state index contributed by atoms with van der Waals surface area (Å²) in [5.41, 5.74) is 1.43. The number of hydrogen-bond acceptors (Lipinski definition) is 6. The molecule has 0 radical (unpaired) electrons. The number of aromatic nitrogens is 5. The van der Waals surface area contributed by atoms with Gasteiger partial charge in [-0.15, -0.1) is 0 Å². The van der Waals surface area contributed by atoms with Gasteiger partial charge >= 0.3 is 0 Å². The van der Waals surface area contributed by atoms with Gasteiger partial charge in [0.05, 0.1) is 23.2 Å². The smallest absolute Gasteiger partial charge is 0.292 e. The minimum atomic E-state index is -3.05. The number of hydrogen-bond donors (Lipinski definition) is 2. The Bertz CT molecular complexity index is 1350. The van der Waals surface area contributed by atoms with Crippen LogP contribution in [-0.4, -0.2) is 47.0 Å². The van der Waals surface area contributed by atoms with Crippen molar-refractivity contribution >= 4 is 11.4 Å². The van der Waals surface area contributed by atoms with Crippen molar-refractivity contribution in [3.8, 4) is 0 Å². The Labute approximate surface area is 187 Å². The summed E-state index contributed by atoms with van der Waals surface area (Å²) in [6.45, 7) is 4.88. The van der Waals surface area contributed by atoms with Crippen LogP contribution in [0.5, 0.6) is 0 Å². The van der Waals surface area contributed by atoms with Crippen LogP contribution in [0.1, 0.15) is 71.1 Å². The number of amides is 1. The number of aliphatic hydroxyl groups is 1. The van der Waals surface area contributed by atoms with Crippen molar-refractivity contribution in [1.29, 1.82) is 0 Å². The summed E-state index contributed by atoms with van der Waals surface area (Å²) >= 11 is 0. The number of carbonyl (C=O) groups is 1. The number of fused-ring (bicyclic) bond motifs is 2. The second-order valence-corrected chi connectivity index (χ2v) is 8.60. The highest BCUT2D eigenvalue weighted by Crippen LogP contribution is 2.36. The van der Waals surface area contributed by atoms with Gasteiger partial charge in [-0.25, -0.2) is 23.3 Å². The lowest BCUT2D eigenvalue weighted by Gasteiger charge is -2.33. The average molecular weight is 456 g/mol. The van der Waals surface area contributed by atoms with E-state index in [1.807, 2.05) is 25.1 Å². The van der Waals surface area contributed by atoms with Crippen LogP contribution in [-0.2, 0) is 12.0 Å². The van der Waals surface area contributed by atoms with E-state index in [4.69, 9.17) is 4.42 Å². The van der Waals surface area contributed by atoms with E-state index in [1.54, 1.807) is 10.7 Å². The SMILES string of the molecule is Cc1cccn2nc([C@@H]3c4nc[nH]c4CCN3C(=O)c3oc(C(C)(C)O)nc3C(F)F)cc12. The van der Waals surface area contributed by atoms with Crippen molar-refractivity contribution < 1.29 is 23.1 Å². The van der Waals surface area contributed by atoms with Gasteiger partial charge in [0, 0.05) is 24.9 Å². The summed E-state index contributed by atoms with van der Waals surface area (Å²) in [5.74, 6) is -1.70. The Morgan fingerprint density at radius 2 is 2.18 bits per heavy atom. The Kier molecular flexibility index (Phi) is 4.82. The fourth-order valence-corrected chi connectivity index (χ4v) is 4.13. The first-order chi connectivity index (χ1) is 15.6. The average Bonchev–Trinajstić information content (AvgIpc) is 3.49. The van der Waals surface area contributed by atoms with Gasteiger partial charge in [-0.3, -0.25) is 4.79 Å². The second kappa shape index (κ2) is 7.48. The molecule has 9 nitrogen and oxygen atoms in total. The van der Waals surface area contributed by atoms with Gasteiger partial charge in [-0.05, 0) is 38.5 Å². The molecule has 5 heterocycles. The molecule has 1 atom stereocenters. The molecule has 1 aliphatic rings. The lowest BCUT2D eigenvalue weighted by Crippen LogP contribution is -2.41. The molecule has 0 aliphatic carbocycles. The number of halogens is 2. The molecule has 1 aliphatic heterocycles. The Hall–Kier alpha value is -3.60. The molecule has 0 spiro atoms. The summed E-state index contributed by atoms with van der Waals surface area (Å²) in [7, 11) is 0. The van der Waals surface area contributed by atoms with Gasteiger partial charge in [0.15, 0.2) is 5.69 Å². The first kappa shape index (κ1) is 21.3. The Morgan fingerprint density at radius 3 is 2.88 bits per heavy atom. The van der Waals surface area contributed by atoms with E-state index in [-0.39, 0.29) is 12.4 Å². The maximum Gasteiger partial charge on any atom is 0.292 e. The van der Waals surface area contributed by atoms with E-state index in [9.17, 15) is 18.7 Å². The molecule has 4 aromatic heterocycles. The second-order valence-electron chi connectivity index (χ2n) is 8.60. The van der Waals surface area contributed by atoms with Crippen LogP contribution in [0.25, 0.3) is 5.52 Å². The van der Waals surface area contributed by atoms with Gasteiger partial charge in [0.1, 0.15) is 11.6 Å². The molecule has 11 heteroatoms. The molecule has 2 N–H and O–H groups in total. The van der Waals surface area contributed by atoms with E-state index in [1.165, 1.54) is 25.1 Å². The summed E-state index contributed by atoms with van der Waals surface area (Å²) in [6.07, 6.45) is 0.747. The van der Waals surface area contributed by atoms with Crippen LogP contribution in [0.3, 0.4) is 0 Å². The topological polar surface area (TPSA) is 113 Å². The molecule has 0 unspecified atom stereocenters. The quantitative estimate of drug-likeness (QED) is 0.487. The molecule has 0 aromatic carbocycles. The van der Waals surface area contributed by atoms with Crippen LogP contribution >= 0.6 is 0 Å². The molecular formula is C22H22F2N6O3. The van der Waals surface area contributed by atoms with Gasteiger partial charge in [0.2, 0.25) is 11.7 Å². The van der Waals surface area contributed by atoms with Crippen molar-refractivity contribution in [1.82, 2.24) is 29.5 Å². The zero-order valence-electron chi connectivity index (χ0n) is 18.2. The number of nitrogens with one attached hydrogen (secondary N) is 1. The maximum absolute atomic E-state index is 13.7. The number of nitrogens with zero attached hydrogens (tertiary/aromatic N) is 5. The molecule has 0 saturated heterocycles. The normalized spacial score (nSPS) is 16.6. The molecular weight excluding hydrogens is 434 g/mol. The first-order valence-electron chi connectivity index (χ1n) is 10.4. The van der Waals surface area contributed by atoms with Gasteiger partial charge < -0.3 is 19.4 Å². The highest BCUT2D eigenvalue weighted by atomic mass is 19.3. The van der Waals surface area contributed by atoms with Crippen molar-refractivity contribution in [3.05, 3.63) is 70.7 Å². The number of alkyl halides is 2. The van der Waals surface area contributed by atoms with Crippen molar-refractivity contribution in [2.45, 2.75) is 45.3 Å². The Morgan fingerprint density at radius 1 is 1.39 bits per heavy atom. The highest BCUT2D eigenvalue weighted by molar-refractivity contribution is 5.93. The third-order valence-corrected chi connectivity index (χ3v) is 5.78. The van der Waals surface area contributed by atoms with Crippen molar-refractivity contribution in [3.63, 3.8) is 0 Å². The summed E-state index contributed by atoms with van der Waals surface area (Å²) in [5, 5.41) is 14.8. The number of H-pyrrole nitrogens is 1. The molecule has 172 valence electrons. The van der Waals surface area contributed by atoms with Crippen LogP contribution in [0, 0.1) is 6.92 Å². The number of carbonyl (C=O) groups excluding carboxylic acids is 1. The minimum Gasteiger partial charge on any atom is -0.432 e. The number of imidazole rings is 1. The molecule has 5 rings (SSSR count). The zero-order chi connectivity index (χ0) is 23.5. The molecule has 0 bridgehead atoms. The molecule has 1 amide bonds. The fourth-order valence-electron chi connectivity index (χ4n) is 4.13. The van der Waals surface area contributed by atoms with E-state index in [2.05, 4.69) is 20.1 Å². The van der Waals surface area contributed by atoms with Crippen molar-refractivity contribution in [2.24, 2.45) is 0 Å². The van der Waals surface area contributed by atoms with E-state index < -0.39 is 35.4 Å². The van der Waals surface area contributed by atoms with Crippen LogP contribution in [0.15, 0.2) is 35.1 Å². The predicted octanol–water partition coefficient (Wildman–Crippen LogP) is 3.31. The monoisotopic (exact) mass is 456 g/mol. The van der Waals surface area contributed by atoms with Crippen LogP contribution < -0.4 is 0 Å². The summed E-state index contributed by atoms with van der Waals surface area (Å²) < 4.78 is 34.6. The van der Waals surface area contributed by atoms with Gasteiger partial charge in [0.25, 0.3) is 12.3 Å². The summed E-state index contributed by atoms with van der Waals surface area (Å²) in [6, 6.07) is 4.96. The minimum absolute atomic E-state index is 0.229. The largest absolute Gasteiger partial charge is 0.432 e. The number of oxazole rings is 1. The standard InChI is InChI=1S/C22H22F2N6O3/c1-11-5-4-7-30-14(11)9-13(28-30)17-15-12(25-10-26-15)6-8-29(17)20(31)18-16(19(23)24)27-21(33-18)22(2,3)32/h4-5,7,9-10,17,19,32H,6,8H2,1-3H3,(H,25,26)/t17-/m1/s1. The first-order valence-corrected chi connectivity index (χ1v) is 10.4. The highest BCUT2D eigenvalue weighted by Gasteiger charge is 2.40. The van der Waals surface area contributed by atoms with Crippen LogP contribution in [0.4, 0.5) is 8.78 Å². The van der Waals surface area contributed by atoms with Crippen molar-refractivity contribution in [2.75, 3.05) is 6.54 Å². The number of aromatic amines is 1. The molecule has 0 fully saturated rings. The predicted molar refractivity (Wildman–Crippen MR) is 112 cm³/mol. The van der Waals surface area contributed by atoms with Crippen LogP contribution in [0.2, 0.25) is 0 Å². The lowest BCUT2D eigenvalue weighted by atomic mass is 9.99. The third-order valence-electron chi connectivity index (χ3n) is 5.78. The van der Waals surface area contributed by atoms with E-state index in [0.717, 1.165) is 16.8 Å². The molecule has 4 aromatic rings. The van der Waals surface area contributed by atoms with Gasteiger partial charge in [-0.2, -0.15) is 5.10 Å². The lowest BCUT2D eigenvalue weighted by molar-refractivity contribution is 0.0440. The third kappa shape index (κ3) is 3.48. The Balaban J connectivity index is 1.63. The number of pyridine rings is 1. The molecule has 0 saturated carbocycles. The number of rotatable bonds is 4. The number of aryl methyl sites for hydroxylation is 1. The van der Waals surface area contributed by atoms with E-state index >= 15 is 0 Å². The summed E-state index contributed by atoms with van der Waals surface area (Å²) in [4.78, 5) is 26.2.